The molecule has 2 amide bonds. The molecule has 0 heterocycles. The molecule has 1 N–H and O–H groups in total. The van der Waals surface area contributed by atoms with Crippen LogP contribution in [-0.4, -0.2) is 29.8 Å². The van der Waals surface area contributed by atoms with Crippen LogP contribution in [0.15, 0.2) is 28.7 Å². The molecule has 100 valence electrons. The molecule has 0 unspecified atom stereocenters. The van der Waals surface area contributed by atoms with E-state index in [9.17, 15) is 9.59 Å². The Morgan fingerprint density at radius 1 is 1.53 bits per heavy atom. The van der Waals surface area contributed by atoms with Crippen LogP contribution in [0.3, 0.4) is 0 Å². The van der Waals surface area contributed by atoms with Gasteiger partial charge < -0.3 is 10.2 Å². The second-order valence-corrected chi connectivity index (χ2v) is 5.01. The van der Waals surface area contributed by atoms with Crippen LogP contribution in [0.1, 0.15) is 13.3 Å². The smallest absolute Gasteiger partial charge is 0.313 e. The lowest BCUT2D eigenvalue weighted by Gasteiger charge is -2.22. The molecule has 0 aliphatic rings. The summed E-state index contributed by atoms with van der Waals surface area (Å²) in [6.45, 7) is 1.72. The third-order valence-electron chi connectivity index (χ3n) is 2.64. The van der Waals surface area contributed by atoms with E-state index >= 15 is 0 Å². The molecule has 5 nitrogen and oxygen atoms in total. The van der Waals surface area contributed by atoms with Crippen LogP contribution in [0.5, 0.6) is 0 Å². The van der Waals surface area contributed by atoms with Crippen molar-refractivity contribution in [2.45, 2.75) is 19.4 Å². The third-order valence-corrected chi connectivity index (χ3v) is 3.14. The lowest BCUT2D eigenvalue weighted by molar-refractivity contribution is -0.143. The van der Waals surface area contributed by atoms with Crippen LogP contribution in [0.25, 0.3) is 0 Å². The number of carbonyl (C=O) groups excluding carboxylic acids is 2. The van der Waals surface area contributed by atoms with Crippen LogP contribution < -0.4 is 5.32 Å². The molecule has 1 aromatic rings. The molecule has 19 heavy (non-hydrogen) atoms. The van der Waals surface area contributed by atoms with Crippen LogP contribution in [0, 0.1) is 11.3 Å². The molecule has 0 aliphatic heterocycles. The maximum atomic E-state index is 11.8. The standard InChI is InChI=1S/C13H14BrN3O2/c1-9(6-7-15)17(2)13(19)12(18)16-11-5-3-4-10(14)8-11/h3-5,8-9H,6H2,1-2H3,(H,16,18)/t9-/m0/s1. The molecule has 0 bridgehead atoms. The minimum absolute atomic E-state index is 0.187. The summed E-state index contributed by atoms with van der Waals surface area (Å²) in [5.41, 5.74) is 0.536. The van der Waals surface area contributed by atoms with Gasteiger partial charge in [-0.25, -0.2) is 0 Å². The van der Waals surface area contributed by atoms with Crippen molar-refractivity contribution in [3.63, 3.8) is 0 Å². The summed E-state index contributed by atoms with van der Waals surface area (Å²) in [7, 11) is 1.50. The van der Waals surface area contributed by atoms with Crippen molar-refractivity contribution < 1.29 is 9.59 Å². The molecule has 0 saturated carbocycles. The third kappa shape index (κ3) is 4.38. The van der Waals surface area contributed by atoms with E-state index in [1.54, 1.807) is 25.1 Å². The van der Waals surface area contributed by atoms with Gasteiger partial charge in [-0.2, -0.15) is 5.26 Å². The predicted octanol–water partition coefficient (Wildman–Crippen LogP) is 2.15. The Morgan fingerprint density at radius 2 is 2.21 bits per heavy atom. The molecule has 0 spiro atoms. The number of halogens is 1. The molecule has 1 atom stereocenters. The number of rotatable bonds is 3. The highest BCUT2D eigenvalue weighted by Crippen LogP contribution is 2.15. The maximum Gasteiger partial charge on any atom is 0.313 e. The monoisotopic (exact) mass is 323 g/mol. The Bertz CT molecular complexity index is 525. The molecule has 1 rings (SSSR count). The predicted molar refractivity (Wildman–Crippen MR) is 75.2 cm³/mol. The van der Waals surface area contributed by atoms with E-state index in [-0.39, 0.29) is 12.5 Å². The Kier molecular flexibility index (Phi) is 5.52. The van der Waals surface area contributed by atoms with Crippen molar-refractivity contribution in [2.24, 2.45) is 0 Å². The van der Waals surface area contributed by atoms with Crippen molar-refractivity contribution in [3.05, 3.63) is 28.7 Å². The zero-order valence-electron chi connectivity index (χ0n) is 10.7. The molecule has 0 fully saturated rings. The number of nitrogens with one attached hydrogen (secondary N) is 1. The number of nitrogens with zero attached hydrogens (tertiary/aromatic N) is 2. The molecular weight excluding hydrogens is 310 g/mol. The summed E-state index contributed by atoms with van der Waals surface area (Å²) < 4.78 is 0.809. The Balaban J connectivity index is 2.68. The fourth-order valence-corrected chi connectivity index (χ4v) is 1.78. The van der Waals surface area contributed by atoms with Crippen molar-refractivity contribution in [2.75, 3.05) is 12.4 Å². The Morgan fingerprint density at radius 3 is 2.79 bits per heavy atom. The maximum absolute atomic E-state index is 11.8. The van der Waals surface area contributed by atoms with Crippen molar-refractivity contribution in [3.8, 4) is 6.07 Å². The van der Waals surface area contributed by atoms with Gasteiger partial charge in [-0.3, -0.25) is 9.59 Å². The van der Waals surface area contributed by atoms with Crippen LogP contribution in [0.4, 0.5) is 5.69 Å². The van der Waals surface area contributed by atoms with E-state index in [1.165, 1.54) is 11.9 Å². The summed E-state index contributed by atoms with van der Waals surface area (Å²) in [4.78, 5) is 24.9. The lowest BCUT2D eigenvalue weighted by atomic mass is 10.2. The van der Waals surface area contributed by atoms with E-state index in [4.69, 9.17) is 5.26 Å². The molecule has 6 heteroatoms. The number of amides is 2. The molecule has 0 aromatic heterocycles. The van der Waals surface area contributed by atoms with Crippen LogP contribution in [-0.2, 0) is 9.59 Å². The topological polar surface area (TPSA) is 73.2 Å². The Hall–Kier alpha value is -1.87. The van der Waals surface area contributed by atoms with E-state index in [1.807, 2.05) is 12.1 Å². The van der Waals surface area contributed by atoms with Gasteiger partial charge in [0.1, 0.15) is 0 Å². The minimum Gasteiger partial charge on any atom is -0.334 e. The average molecular weight is 324 g/mol. The fraction of sp³-hybridized carbons (Fsp3) is 0.308. The number of anilines is 1. The van der Waals surface area contributed by atoms with Gasteiger partial charge in [-0.05, 0) is 25.1 Å². The van der Waals surface area contributed by atoms with E-state index < -0.39 is 11.8 Å². The van der Waals surface area contributed by atoms with Gasteiger partial charge in [0.15, 0.2) is 0 Å². The summed E-state index contributed by atoms with van der Waals surface area (Å²) in [6.07, 6.45) is 0.187. The molecular formula is C13H14BrN3O2. The van der Waals surface area contributed by atoms with Gasteiger partial charge in [0.05, 0.1) is 12.5 Å². The van der Waals surface area contributed by atoms with Gasteiger partial charge in [0.2, 0.25) is 0 Å². The number of hydrogen-bond acceptors (Lipinski definition) is 3. The molecule has 0 radical (unpaired) electrons. The second-order valence-electron chi connectivity index (χ2n) is 4.09. The van der Waals surface area contributed by atoms with Crippen molar-refractivity contribution >= 4 is 33.4 Å². The first-order valence-electron chi connectivity index (χ1n) is 5.66. The zero-order valence-corrected chi connectivity index (χ0v) is 12.3. The zero-order chi connectivity index (χ0) is 14.4. The van der Waals surface area contributed by atoms with Crippen LogP contribution in [0.2, 0.25) is 0 Å². The molecule has 0 aliphatic carbocycles. The highest BCUT2D eigenvalue weighted by atomic mass is 79.9. The lowest BCUT2D eigenvalue weighted by Crippen LogP contribution is -2.42. The highest BCUT2D eigenvalue weighted by Gasteiger charge is 2.22. The summed E-state index contributed by atoms with van der Waals surface area (Å²) in [5, 5.41) is 11.1. The van der Waals surface area contributed by atoms with Crippen molar-refractivity contribution in [1.29, 1.82) is 5.26 Å². The van der Waals surface area contributed by atoms with Gasteiger partial charge in [0, 0.05) is 23.2 Å². The number of benzene rings is 1. The first-order valence-corrected chi connectivity index (χ1v) is 6.45. The van der Waals surface area contributed by atoms with E-state index in [0.29, 0.717) is 5.69 Å². The van der Waals surface area contributed by atoms with Gasteiger partial charge in [-0.15, -0.1) is 0 Å². The SMILES string of the molecule is C[C@@H](CC#N)N(C)C(=O)C(=O)Nc1cccc(Br)c1. The molecule has 1 aromatic carbocycles. The Labute approximate surface area is 120 Å². The summed E-state index contributed by atoms with van der Waals surface area (Å²) in [6, 6.07) is 8.63. The highest BCUT2D eigenvalue weighted by molar-refractivity contribution is 9.10. The van der Waals surface area contributed by atoms with Gasteiger partial charge >= 0.3 is 11.8 Å². The largest absolute Gasteiger partial charge is 0.334 e. The number of nitriles is 1. The molecule has 0 saturated heterocycles. The van der Waals surface area contributed by atoms with Crippen molar-refractivity contribution in [1.82, 2.24) is 4.90 Å². The first kappa shape index (κ1) is 15.2. The van der Waals surface area contributed by atoms with E-state index in [2.05, 4.69) is 21.2 Å². The minimum atomic E-state index is -0.717. The average Bonchev–Trinajstić information content (AvgIpc) is 2.37. The second kappa shape index (κ2) is 6.90. The summed E-state index contributed by atoms with van der Waals surface area (Å²) >= 11 is 3.28. The number of likely N-dealkylation sites (N-methyl/N-ethyl adjacent to an activating group) is 1. The van der Waals surface area contributed by atoms with Crippen LogP contribution >= 0.6 is 15.9 Å². The van der Waals surface area contributed by atoms with Gasteiger partial charge in [0.25, 0.3) is 0 Å². The van der Waals surface area contributed by atoms with E-state index in [0.717, 1.165) is 4.47 Å². The quantitative estimate of drug-likeness (QED) is 0.866. The first-order chi connectivity index (χ1) is 8.95. The summed E-state index contributed by atoms with van der Waals surface area (Å²) in [5.74, 6) is -1.38. The normalized spacial score (nSPS) is 11.3. The van der Waals surface area contributed by atoms with Gasteiger partial charge in [-0.1, -0.05) is 22.0 Å². The number of hydrogen-bond donors (Lipinski definition) is 1. The fourth-order valence-electron chi connectivity index (χ4n) is 1.38. The number of carbonyl (C=O) groups is 2.